The van der Waals surface area contributed by atoms with Crippen molar-refractivity contribution in [3.05, 3.63) is 35.9 Å². The normalized spacial score (nSPS) is 13.3. The molecule has 0 unspecified atom stereocenters. The molecule has 0 aliphatic heterocycles. The van der Waals surface area contributed by atoms with Crippen molar-refractivity contribution in [3.63, 3.8) is 0 Å². The second kappa shape index (κ2) is 33.0. The van der Waals surface area contributed by atoms with Crippen LogP contribution in [-0.2, 0) is 35.2 Å². The topological polar surface area (TPSA) is 249 Å². The van der Waals surface area contributed by atoms with Gasteiger partial charge < -0.3 is 47.6 Å². The quantitative estimate of drug-likeness (QED) is 0.0584. The third-order valence-electron chi connectivity index (χ3n) is 8.13. The highest BCUT2D eigenvalue weighted by Gasteiger charge is 2.39. The van der Waals surface area contributed by atoms with Gasteiger partial charge >= 0.3 is 36.4 Å². The molecule has 0 heterocycles. The van der Waals surface area contributed by atoms with Crippen LogP contribution in [0.25, 0.3) is 0 Å². The number of alkyl halides is 9. The van der Waals surface area contributed by atoms with Crippen LogP contribution in [0.5, 0.6) is 0 Å². The summed E-state index contributed by atoms with van der Waals surface area (Å²) in [7, 11) is 0. The summed E-state index contributed by atoms with van der Waals surface area (Å²) < 4.78 is 95.2. The molecule has 0 radical (unpaired) electrons. The fourth-order valence-electron chi connectivity index (χ4n) is 4.99. The van der Waals surface area contributed by atoms with Crippen LogP contribution < -0.4 is 32.3 Å². The third kappa shape index (κ3) is 34.7. The fourth-order valence-corrected chi connectivity index (χ4v) is 4.99. The zero-order chi connectivity index (χ0) is 46.9. The minimum Gasteiger partial charge on any atom is -0.475 e. The van der Waals surface area contributed by atoms with Gasteiger partial charge in [-0.3, -0.25) is 14.4 Å². The molecule has 0 bridgehead atoms. The average Bonchev–Trinajstić information content (AvgIpc) is 3.18. The van der Waals surface area contributed by atoms with E-state index in [-0.39, 0.29) is 23.6 Å². The molecule has 0 aromatic heterocycles. The Balaban J connectivity index is 0. The number of carbonyl (C=O) groups is 6. The molecular weight excluding hydrogens is 843 g/mol. The molecule has 1 aromatic rings. The first kappa shape index (κ1) is 58.4. The molecule has 10 N–H and O–H groups in total. The van der Waals surface area contributed by atoms with Gasteiger partial charge in [-0.25, -0.2) is 14.4 Å². The van der Waals surface area contributed by atoms with Crippen molar-refractivity contribution in [1.82, 2.24) is 26.6 Å². The van der Waals surface area contributed by atoms with E-state index >= 15 is 0 Å². The second-order valence-electron chi connectivity index (χ2n) is 13.3. The van der Waals surface area contributed by atoms with Crippen molar-refractivity contribution in [2.24, 2.45) is 11.7 Å². The van der Waals surface area contributed by atoms with Gasteiger partial charge in [0, 0.05) is 19.0 Å². The summed E-state index contributed by atoms with van der Waals surface area (Å²) in [5.41, 5.74) is 6.48. The zero-order valence-electron chi connectivity index (χ0n) is 33.5. The van der Waals surface area contributed by atoms with Crippen molar-refractivity contribution in [2.45, 2.75) is 108 Å². The van der Waals surface area contributed by atoms with Gasteiger partial charge in [0.15, 0.2) is 0 Å². The van der Waals surface area contributed by atoms with Gasteiger partial charge in [-0.05, 0) is 96.1 Å². The number of nitrogens with one attached hydrogen (secondary N) is 5. The van der Waals surface area contributed by atoms with Gasteiger partial charge in [0.1, 0.15) is 6.04 Å². The predicted octanol–water partition coefficient (Wildman–Crippen LogP) is 4.30. The number of nitrogens with two attached hydrogens (primary N) is 1. The molecule has 2 rings (SSSR count). The SMILES string of the molecule is NCCCNCCCCNCCCNC(=O)[C@H](CCCCNC(=O)Cc1ccccc1)NC(=O)C1CCCCC1.O=C(O)C(F)(F)F.O=C(O)C(F)(F)F.O=C(O)C(F)(F)F. The number of carboxylic acid groups (broad SMARTS) is 3. The molecule has 1 aliphatic rings. The second-order valence-corrected chi connectivity index (χ2v) is 13.3. The predicted molar refractivity (Wildman–Crippen MR) is 203 cm³/mol. The molecule has 0 saturated heterocycles. The molecule has 352 valence electrons. The number of carboxylic acids is 3. The first-order valence-electron chi connectivity index (χ1n) is 19.3. The Kier molecular flexibility index (Phi) is 31.6. The summed E-state index contributed by atoms with van der Waals surface area (Å²) in [5.74, 6) is -8.36. The smallest absolute Gasteiger partial charge is 0.475 e. The number of rotatable bonds is 22. The number of unbranched alkanes of at least 4 members (excludes halogenated alkanes) is 2. The average molecular weight is 901 g/mol. The lowest BCUT2D eigenvalue weighted by atomic mass is 9.88. The molecule has 0 spiro atoms. The van der Waals surface area contributed by atoms with Crippen molar-refractivity contribution in [2.75, 3.05) is 45.8 Å². The van der Waals surface area contributed by atoms with Gasteiger partial charge in [0.05, 0.1) is 6.42 Å². The van der Waals surface area contributed by atoms with Crippen LogP contribution in [0.4, 0.5) is 39.5 Å². The Morgan fingerprint density at radius 3 is 1.49 bits per heavy atom. The van der Waals surface area contributed by atoms with E-state index in [9.17, 15) is 53.9 Å². The summed E-state index contributed by atoms with van der Waals surface area (Å²) in [6, 6.07) is 9.15. The molecule has 1 atom stereocenters. The Labute approximate surface area is 347 Å². The lowest BCUT2D eigenvalue weighted by molar-refractivity contribution is -0.193. The maximum absolute atomic E-state index is 13.0. The van der Waals surface area contributed by atoms with Gasteiger partial charge in [-0.2, -0.15) is 39.5 Å². The van der Waals surface area contributed by atoms with Crippen molar-refractivity contribution >= 4 is 35.6 Å². The number of amides is 3. The van der Waals surface area contributed by atoms with Crippen LogP contribution in [0.15, 0.2) is 30.3 Å². The molecule has 15 nitrogen and oxygen atoms in total. The third-order valence-corrected chi connectivity index (χ3v) is 8.13. The highest BCUT2D eigenvalue weighted by molar-refractivity contribution is 5.88. The van der Waals surface area contributed by atoms with E-state index in [2.05, 4.69) is 26.6 Å². The van der Waals surface area contributed by atoms with E-state index in [4.69, 9.17) is 35.4 Å². The number of hydrogen-bond donors (Lipinski definition) is 9. The molecule has 1 aromatic carbocycles. The van der Waals surface area contributed by atoms with Gasteiger partial charge in [-0.15, -0.1) is 0 Å². The number of carbonyl (C=O) groups excluding carboxylic acids is 3. The van der Waals surface area contributed by atoms with E-state index in [1.807, 2.05) is 30.3 Å². The van der Waals surface area contributed by atoms with Crippen molar-refractivity contribution in [3.8, 4) is 0 Å². The zero-order valence-corrected chi connectivity index (χ0v) is 33.5. The molecule has 1 fully saturated rings. The van der Waals surface area contributed by atoms with Gasteiger partial charge in [0.25, 0.3) is 0 Å². The molecule has 1 aliphatic carbocycles. The molecule has 3 amide bonds. The lowest BCUT2D eigenvalue weighted by Crippen LogP contribution is -2.49. The number of halogens is 9. The molecule has 24 heteroatoms. The first-order chi connectivity index (χ1) is 28.4. The van der Waals surface area contributed by atoms with Gasteiger partial charge in [0.2, 0.25) is 17.7 Å². The fraction of sp³-hybridized carbons (Fsp3) is 0.676. The molecular formula is C37H57F9N6O9. The monoisotopic (exact) mass is 900 g/mol. The van der Waals surface area contributed by atoms with E-state index in [0.717, 1.165) is 102 Å². The van der Waals surface area contributed by atoms with E-state index in [0.29, 0.717) is 25.9 Å². The Hall–Kier alpha value is -4.71. The van der Waals surface area contributed by atoms with Crippen LogP contribution in [0.1, 0.15) is 82.6 Å². The van der Waals surface area contributed by atoms with Crippen LogP contribution >= 0.6 is 0 Å². The largest absolute Gasteiger partial charge is 0.490 e. The Morgan fingerprint density at radius 2 is 1.03 bits per heavy atom. The molecule has 61 heavy (non-hydrogen) atoms. The number of aliphatic carboxylic acids is 3. The summed E-state index contributed by atoms with van der Waals surface area (Å²) in [4.78, 5) is 64.7. The van der Waals surface area contributed by atoms with Crippen LogP contribution in [0.3, 0.4) is 0 Å². The summed E-state index contributed by atoms with van der Waals surface area (Å²) in [5, 5.41) is 37.2. The summed E-state index contributed by atoms with van der Waals surface area (Å²) >= 11 is 0. The molecule has 1 saturated carbocycles. The minimum atomic E-state index is -5.08. The standard InChI is InChI=1S/C31H54N6O3.3C2HF3O2/c32-18-11-21-33-19-9-10-20-34-22-12-24-36-31(40)28(37-30(39)27-15-5-2-6-16-27)17-7-8-23-35-29(38)25-26-13-3-1-4-14-26;3*3-2(4,5)1(6)7/h1,3-4,13-14,27-28,33-34H,2,5-12,15-25,32H2,(H,35,38)(H,36,40)(H,37,39);3*(H,6,7)/t28-;;;/m0.../s1. The van der Waals surface area contributed by atoms with Crippen LogP contribution in [-0.4, -0.2) is 121 Å². The van der Waals surface area contributed by atoms with E-state index < -0.39 is 42.5 Å². The lowest BCUT2D eigenvalue weighted by Gasteiger charge is -2.24. The van der Waals surface area contributed by atoms with Crippen LogP contribution in [0.2, 0.25) is 0 Å². The maximum Gasteiger partial charge on any atom is 0.490 e. The van der Waals surface area contributed by atoms with Crippen molar-refractivity contribution < 1.29 is 83.6 Å². The number of benzene rings is 1. The summed E-state index contributed by atoms with van der Waals surface area (Å²) in [6.45, 7) is 5.69. The minimum absolute atomic E-state index is 0.00104. The first-order valence-corrected chi connectivity index (χ1v) is 19.3. The Bertz CT molecular complexity index is 1340. The Morgan fingerprint density at radius 1 is 0.607 bits per heavy atom. The van der Waals surface area contributed by atoms with Gasteiger partial charge in [-0.1, -0.05) is 49.6 Å². The van der Waals surface area contributed by atoms with Crippen molar-refractivity contribution in [1.29, 1.82) is 0 Å². The van der Waals surface area contributed by atoms with E-state index in [1.54, 1.807) is 0 Å². The summed E-state index contributed by atoms with van der Waals surface area (Å²) in [6.07, 6.45) is -3.55. The maximum atomic E-state index is 13.0. The highest BCUT2D eigenvalue weighted by Crippen LogP contribution is 2.24. The highest BCUT2D eigenvalue weighted by atomic mass is 19.4. The van der Waals surface area contributed by atoms with E-state index in [1.165, 1.54) is 6.42 Å². The van der Waals surface area contributed by atoms with Crippen LogP contribution in [0, 0.1) is 5.92 Å². The number of hydrogen-bond acceptors (Lipinski definition) is 9.